The molecule has 0 saturated heterocycles. The first-order chi connectivity index (χ1) is 13.6. The molecule has 2 atom stereocenters. The average Bonchev–Trinajstić information content (AvgIpc) is 3.11. The molecular weight excluding hydrogens is 368 g/mol. The lowest BCUT2D eigenvalue weighted by atomic mass is 9.89. The minimum absolute atomic E-state index is 0.00808. The fraction of sp³-hybridized carbons (Fsp3) is 0.500. The van der Waals surface area contributed by atoms with Crippen molar-refractivity contribution < 1.29 is 4.79 Å². The van der Waals surface area contributed by atoms with E-state index in [2.05, 4.69) is 26.7 Å². The van der Waals surface area contributed by atoms with Crippen LogP contribution in [0.3, 0.4) is 0 Å². The van der Waals surface area contributed by atoms with E-state index in [0.29, 0.717) is 12.5 Å². The zero-order chi connectivity index (χ0) is 19.9. The summed E-state index contributed by atoms with van der Waals surface area (Å²) in [7, 11) is 0. The zero-order valence-electron chi connectivity index (χ0n) is 16.8. The van der Waals surface area contributed by atoms with Crippen molar-refractivity contribution in [2.75, 3.05) is 0 Å². The predicted octanol–water partition coefficient (Wildman–Crippen LogP) is 4.87. The van der Waals surface area contributed by atoms with Crippen molar-refractivity contribution in [3.63, 3.8) is 0 Å². The molecule has 1 aromatic heterocycles. The minimum atomic E-state index is -0.252. The van der Waals surface area contributed by atoms with Gasteiger partial charge in [0.2, 0.25) is 5.91 Å². The number of amides is 1. The maximum Gasteiger partial charge on any atom is 0.233 e. The fourth-order valence-corrected chi connectivity index (χ4v) is 4.59. The fourth-order valence-electron chi connectivity index (χ4n) is 3.72. The number of hydrogen-bond acceptors (Lipinski definition) is 4. The van der Waals surface area contributed by atoms with Gasteiger partial charge in [0, 0.05) is 12.5 Å². The Kier molecular flexibility index (Phi) is 7.31. The van der Waals surface area contributed by atoms with Crippen LogP contribution >= 0.6 is 11.8 Å². The number of thioether (sulfide) groups is 1. The van der Waals surface area contributed by atoms with E-state index in [-0.39, 0.29) is 17.2 Å². The number of allylic oxidation sites excluding steroid dienone is 1. The topological polar surface area (TPSA) is 59.8 Å². The Labute approximate surface area is 172 Å². The summed E-state index contributed by atoms with van der Waals surface area (Å²) in [4.78, 5) is 12.7. The van der Waals surface area contributed by atoms with Crippen molar-refractivity contribution >= 4 is 17.7 Å². The zero-order valence-corrected chi connectivity index (χ0v) is 17.6. The summed E-state index contributed by atoms with van der Waals surface area (Å²) in [6.45, 7) is 8.49. The van der Waals surface area contributed by atoms with E-state index >= 15 is 0 Å². The van der Waals surface area contributed by atoms with Gasteiger partial charge in [-0.15, -0.1) is 16.8 Å². The standard InChI is InChI=1S/C22H30N4OS/c1-4-15-26-20(19-13-9-6-10-14-19)24-25-22(26)28-17(3)21(27)23-16(2)18-11-7-5-8-12-18/h4-5,7-8,11-12,16-17,19H,1,6,9-10,13-15H2,2-3H3,(H,23,27)/t16-,17+/m1/s1. The van der Waals surface area contributed by atoms with Gasteiger partial charge in [-0.3, -0.25) is 4.79 Å². The van der Waals surface area contributed by atoms with Crippen LogP contribution in [0.25, 0.3) is 0 Å². The van der Waals surface area contributed by atoms with E-state index in [1.54, 1.807) is 0 Å². The third kappa shape index (κ3) is 5.04. The largest absolute Gasteiger partial charge is 0.349 e. The molecule has 0 aliphatic heterocycles. The van der Waals surface area contributed by atoms with Gasteiger partial charge in [-0.1, -0.05) is 67.4 Å². The number of hydrogen-bond donors (Lipinski definition) is 1. The van der Waals surface area contributed by atoms with Gasteiger partial charge >= 0.3 is 0 Å². The Morgan fingerprint density at radius 1 is 1.25 bits per heavy atom. The summed E-state index contributed by atoms with van der Waals surface area (Å²) < 4.78 is 2.14. The molecule has 1 saturated carbocycles. The molecule has 2 aromatic rings. The Bertz CT molecular complexity index is 783. The van der Waals surface area contributed by atoms with Crippen molar-refractivity contribution in [2.45, 2.75) is 74.9 Å². The van der Waals surface area contributed by atoms with Crippen LogP contribution in [0.4, 0.5) is 0 Å². The average molecular weight is 399 g/mol. The van der Waals surface area contributed by atoms with Crippen LogP contribution in [0.1, 0.15) is 69.3 Å². The number of nitrogens with zero attached hydrogens (tertiary/aromatic N) is 3. The highest BCUT2D eigenvalue weighted by Gasteiger charge is 2.25. The van der Waals surface area contributed by atoms with Crippen LogP contribution in [0.15, 0.2) is 48.1 Å². The van der Waals surface area contributed by atoms with E-state index in [4.69, 9.17) is 0 Å². The molecule has 0 radical (unpaired) electrons. The summed E-state index contributed by atoms with van der Waals surface area (Å²) in [5.74, 6) is 1.53. The number of carbonyl (C=O) groups excluding carboxylic acids is 1. The molecule has 0 unspecified atom stereocenters. The maximum atomic E-state index is 12.7. The molecule has 0 spiro atoms. The number of carbonyl (C=O) groups is 1. The molecule has 5 nitrogen and oxygen atoms in total. The van der Waals surface area contributed by atoms with E-state index in [0.717, 1.165) is 16.5 Å². The van der Waals surface area contributed by atoms with Crippen LogP contribution < -0.4 is 5.32 Å². The van der Waals surface area contributed by atoms with Gasteiger partial charge in [0.05, 0.1) is 11.3 Å². The van der Waals surface area contributed by atoms with Crippen molar-refractivity contribution in [1.29, 1.82) is 0 Å². The second-order valence-electron chi connectivity index (χ2n) is 7.48. The van der Waals surface area contributed by atoms with Gasteiger partial charge in [-0.2, -0.15) is 0 Å². The summed E-state index contributed by atoms with van der Waals surface area (Å²) in [6.07, 6.45) is 8.04. The predicted molar refractivity (Wildman–Crippen MR) is 114 cm³/mol. The lowest BCUT2D eigenvalue weighted by molar-refractivity contribution is -0.120. The minimum Gasteiger partial charge on any atom is -0.349 e. The number of rotatable bonds is 8. The van der Waals surface area contributed by atoms with E-state index in [9.17, 15) is 4.79 Å². The molecule has 1 aromatic carbocycles. The SMILES string of the molecule is C=CCn1c(S[C@@H](C)C(=O)N[C@H](C)c2ccccc2)nnc1C1CCCCC1. The second kappa shape index (κ2) is 9.92. The maximum absolute atomic E-state index is 12.7. The molecule has 1 aliphatic carbocycles. The Morgan fingerprint density at radius 2 is 1.96 bits per heavy atom. The molecule has 150 valence electrons. The van der Waals surface area contributed by atoms with Crippen molar-refractivity contribution in [3.05, 3.63) is 54.4 Å². The van der Waals surface area contributed by atoms with Crippen LogP contribution in [0.5, 0.6) is 0 Å². The summed E-state index contributed by atoms with van der Waals surface area (Å²) in [5.41, 5.74) is 1.10. The Balaban J connectivity index is 1.67. The molecule has 1 aliphatic rings. The molecule has 28 heavy (non-hydrogen) atoms. The first-order valence-corrected chi connectivity index (χ1v) is 11.0. The molecule has 0 bridgehead atoms. The number of nitrogens with one attached hydrogen (secondary N) is 1. The molecule has 1 heterocycles. The highest BCUT2D eigenvalue weighted by atomic mass is 32.2. The molecular formula is C22H30N4OS. The van der Waals surface area contributed by atoms with E-state index in [1.165, 1.54) is 43.9 Å². The molecule has 6 heteroatoms. The van der Waals surface area contributed by atoms with E-state index < -0.39 is 0 Å². The van der Waals surface area contributed by atoms with Gasteiger partial charge in [0.1, 0.15) is 5.82 Å². The molecule has 1 fully saturated rings. The first-order valence-electron chi connectivity index (χ1n) is 10.2. The van der Waals surface area contributed by atoms with Gasteiger partial charge in [0.25, 0.3) is 0 Å². The normalized spacial score (nSPS) is 17.1. The highest BCUT2D eigenvalue weighted by molar-refractivity contribution is 8.00. The van der Waals surface area contributed by atoms with Crippen molar-refractivity contribution in [3.8, 4) is 0 Å². The summed E-state index contributed by atoms with van der Waals surface area (Å²) in [6, 6.07) is 9.98. The second-order valence-corrected chi connectivity index (χ2v) is 8.78. The van der Waals surface area contributed by atoms with Crippen LogP contribution in [0, 0.1) is 0 Å². The third-order valence-electron chi connectivity index (χ3n) is 5.34. The Hall–Kier alpha value is -2.08. The molecule has 1 N–H and O–H groups in total. The van der Waals surface area contributed by atoms with Crippen LogP contribution in [-0.4, -0.2) is 25.9 Å². The Morgan fingerprint density at radius 3 is 2.64 bits per heavy atom. The first kappa shape index (κ1) is 20.6. The van der Waals surface area contributed by atoms with Gasteiger partial charge in [-0.25, -0.2) is 0 Å². The molecule has 1 amide bonds. The number of aromatic nitrogens is 3. The summed E-state index contributed by atoms with van der Waals surface area (Å²) in [5, 5.41) is 12.6. The smallest absolute Gasteiger partial charge is 0.233 e. The van der Waals surface area contributed by atoms with Gasteiger partial charge < -0.3 is 9.88 Å². The summed E-state index contributed by atoms with van der Waals surface area (Å²) >= 11 is 1.47. The van der Waals surface area contributed by atoms with Crippen LogP contribution in [0.2, 0.25) is 0 Å². The third-order valence-corrected chi connectivity index (χ3v) is 6.42. The van der Waals surface area contributed by atoms with Crippen LogP contribution in [-0.2, 0) is 11.3 Å². The van der Waals surface area contributed by atoms with Gasteiger partial charge in [-0.05, 0) is 32.3 Å². The van der Waals surface area contributed by atoms with Crippen molar-refractivity contribution in [2.24, 2.45) is 0 Å². The lowest BCUT2D eigenvalue weighted by Gasteiger charge is -2.22. The van der Waals surface area contributed by atoms with Gasteiger partial charge in [0.15, 0.2) is 5.16 Å². The highest BCUT2D eigenvalue weighted by Crippen LogP contribution is 2.34. The van der Waals surface area contributed by atoms with Crippen molar-refractivity contribution in [1.82, 2.24) is 20.1 Å². The molecule has 3 rings (SSSR count). The quantitative estimate of drug-likeness (QED) is 0.509. The number of benzene rings is 1. The lowest BCUT2D eigenvalue weighted by Crippen LogP contribution is -2.33. The monoisotopic (exact) mass is 398 g/mol. The van der Waals surface area contributed by atoms with E-state index in [1.807, 2.05) is 50.3 Å².